The zero-order valence-electron chi connectivity index (χ0n) is 6.23. The quantitative estimate of drug-likeness (QED) is 0.842. The monoisotopic (exact) mass is 275 g/mol. The second kappa shape index (κ2) is 3.93. The van der Waals surface area contributed by atoms with Gasteiger partial charge < -0.3 is 5.11 Å². The zero-order valence-corrected chi connectivity index (χ0v) is 8.63. The van der Waals surface area contributed by atoms with Crippen LogP contribution >= 0.6 is 27.3 Å². The predicted molar refractivity (Wildman–Crippen MR) is 45.7 cm³/mol. The zero-order chi connectivity index (χ0) is 10.1. The maximum absolute atomic E-state index is 12.2. The summed E-state index contributed by atoms with van der Waals surface area (Å²) in [4.78, 5) is 3.22. The average Bonchev–Trinajstić information content (AvgIpc) is 2.46. The number of rotatable bonds is 2. The lowest BCUT2D eigenvalue weighted by molar-refractivity contribution is -0.141. The first-order valence-electron chi connectivity index (χ1n) is 3.21. The van der Waals surface area contributed by atoms with Crippen LogP contribution in [-0.4, -0.2) is 10.1 Å². The van der Waals surface area contributed by atoms with Crippen molar-refractivity contribution in [1.82, 2.24) is 4.98 Å². The summed E-state index contributed by atoms with van der Waals surface area (Å²) in [5.41, 5.74) is -0.977. The molecular weight excluding hydrogens is 271 g/mol. The molecule has 0 saturated carbocycles. The third-order valence-electron chi connectivity index (χ3n) is 1.27. The van der Waals surface area contributed by atoms with Crippen LogP contribution in [0.3, 0.4) is 0 Å². The normalized spacial score (nSPS) is 12.1. The predicted octanol–water partition coefficient (Wildman–Crippen LogP) is 2.55. The van der Waals surface area contributed by atoms with Crippen LogP contribution in [0, 0.1) is 0 Å². The molecule has 0 aliphatic heterocycles. The highest BCUT2D eigenvalue weighted by Crippen LogP contribution is 2.34. The average molecular weight is 276 g/mol. The van der Waals surface area contributed by atoms with Gasteiger partial charge in [-0.1, -0.05) is 15.9 Å². The number of aliphatic hydroxyl groups is 1. The van der Waals surface area contributed by atoms with Crippen molar-refractivity contribution in [3.63, 3.8) is 0 Å². The van der Waals surface area contributed by atoms with Crippen LogP contribution in [0.5, 0.6) is 0 Å². The number of nitrogens with zero attached hydrogens (tertiary/aromatic N) is 1. The summed E-state index contributed by atoms with van der Waals surface area (Å²) in [6.07, 6.45) is -4.48. The Hall–Kier alpha value is -0.140. The highest BCUT2D eigenvalue weighted by atomic mass is 79.9. The van der Waals surface area contributed by atoms with Gasteiger partial charge in [-0.15, -0.1) is 11.3 Å². The van der Waals surface area contributed by atoms with Gasteiger partial charge in [0.15, 0.2) is 5.69 Å². The Labute approximate surface area is 84.5 Å². The van der Waals surface area contributed by atoms with Crippen molar-refractivity contribution in [2.24, 2.45) is 0 Å². The van der Waals surface area contributed by atoms with Gasteiger partial charge in [0, 0.05) is 0 Å². The van der Waals surface area contributed by atoms with Crippen LogP contribution in [0.15, 0.2) is 0 Å². The molecule has 0 aliphatic carbocycles. The molecule has 1 aromatic heterocycles. The number of halogens is 4. The Morgan fingerprint density at radius 3 is 2.38 bits per heavy atom. The standard InChI is InChI=1S/C6H5BrF3NOS/c7-1-4-11-5(6(8,9)10)3(2-12)13-4/h12H,1-2H2. The van der Waals surface area contributed by atoms with Crippen molar-refractivity contribution in [1.29, 1.82) is 0 Å². The van der Waals surface area contributed by atoms with Gasteiger partial charge in [-0.05, 0) is 0 Å². The lowest BCUT2D eigenvalue weighted by Gasteiger charge is -2.03. The fraction of sp³-hybridized carbons (Fsp3) is 0.500. The van der Waals surface area contributed by atoms with Crippen molar-refractivity contribution >= 4 is 27.3 Å². The summed E-state index contributed by atoms with van der Waals surface area (Å²) >= 11 is 3.86. The molecule has 0 spiro atoms. The fourth-order valence-corrected chi connectivity index (χ4v) is 2.05. The smallest absolute Gasteiger partial charge is 0.391 e. The van der Waals surface area contributed by atoms with Crippen molar-refractivity contribution in [3.8, 4) is 0 Å². The first-order chi connectivity index (χ1) is 5.99. The largest absolute Gasteiger partial charge is 0.434 e. The minimum atomic E-state index is -4.48. The molecule has 0 aliphatic rings. The van der Waals surface area contributed by atoms with E-state index in [4.69, 9.17) is 5.11 Å². The van der Waals surface area contributed by atoms with Crippen LogP contribution in [0.2, 0.25) is 0 Å². The Balaban J connectivity index is 3.11. The van der Waals surface area contributed by atoms with E-state index in [1.807, 2.05) is 0 Å². The van der Waals surface area contributed by atoms with E-state index in [-0.39, 0.29) is 10.2 Å². The Morgan fingerprint density at radius 1 is 1.46 bits per heavy atom. The maximum Gasteiger partial charge on any atom is 0.434 e. The maximum atomic E-state index is 12.2. The van der Waals surface area contributed by atoms with Crippen LogP contribution in [0.1, 0.15) is 15.6 Å². The molecule has 0 amide bonds. The summed E-state index contributed by atoms with van der Waals surface area (Å²) < 4.78 is 36.6. The molecule has 0 atom stereocenters. The molecule has 1 rings (SSSR count). The van der Waals surface area contributed by atoms with E-state index in [0.717, 1.165) is 11.3 Å². The number of alkyl halides is 4. The van der Waals surface area contributed by atoms with Crippen molar-refractivity contribution < 1.29 is 18.3 Å². The van der Waals surface area contributed by atoms with Crippen molar-refractivity contribution in [2.45, 2.75) is 18.1 Å². The van der Waals surface area contributed by atoms with E-state index in [0.29, 0.717) is 5.01 Å². The molecule has 1 aromatic rings. The summed E-state index contributed by atoms with van der Waals surface area (Å²) in [6, 6.07) is 0. The molecule has 0 fully saturated rings. The highest BCUT2D eigenvalue weighted by Gasteiger charge is 2.36. The Bertz CT molecular complexity index is 299. The van der Waals surface area contributed by atoms with Crippen molar-refractivity contribution in [3.05, 3.63) is 15.6 Å². The third-order valence-corrected chi connectivity index (χ3v) is 3.21. The third kappa shape index (κ3) is 2.41. The summed E-state index contributed by atoms with van der Waals surface area (Å²) in [5, 5.41) is 9.23. The topological polar surface area (TPSA) is 33.1 Å². The Morgan fingerprint density at radius 2 is 2.08 bits per heavy atom. The van der Waals surface area contributed by atoms with Gasteiger partial charge in [0.05, 0.1) is 16.8 Å². The van der Waals surface area contributed by atoms with Gasteiger partial charge in [-0.25, -0.2) is 4.98 Å². The molecular formula is C6H5BrF3NOS. The van der Waals surface area contributed by atoms with Crippen LogP contribution in [-0.2, 0) is 18.1 Å². The molecule has 1 N–H and O–H groups in total. The molecule has 1 heterocycles. The van der Waals surface area contributed by atoms with E-state index in [1.165, 1.54) is 0 Å². The van der Waals surface area contributed by atoms with Crippen molar-refractivity contribution in [2.75, 3.05) is 0 Å². The Kier molecular flexibility index (Phi) is 3.31. The van der Waals surface area contributed by atoms with Gasteiger partial charge in [0.2, 0.25) is 0 Å². The molecule has 0 saturated heterocycles. The molecule has 7 heteroatoms. The molecule has 0 radical (unpaired) electrons. The highest BCUT2D eigenvalue weighted by molar-refractivity contribution is 9.08. The molecule has 2 nitrogen and oxygen atoms in total. The lowest BCUT2D eigenvalue weighted by Crippen LogP contribution is -2.08. The number of thiazole rings is 1. The van der Waals surface area contributed by atoms with E-state index in [2.05, 4.69) is 20.9 Å². The summed E-state index contributed by atoms with van der Waals surface area (Å²) in [7, 11) is 0. The molecule has 0 aromatic carbocycles. The number of aromatic nitrogens is 1. The van der Waals surface area contributed by atoms with Crippen LogP contribution in [0.25, 0.3) is 0 Å². The molecule has 0 bridgehead atoms. The van der Waals surface area contributed by atoms with Gasteiger partial charge in [0.1, 0.15) is 5.01 Å². The van der Waals surface area contributed by atoms with Crippen LogP contribution in [0.4, 0.5) is 13.2 Å². The molecule has 13 heavy (non-hydrogen) atoms. The lowest BCUT2D eigenvalue weighted by atomic mass is 10.3. The van der Waals surface area contributed by atoms with E-state index in [1.54, 1.807) is 0 Å². The minimum Gasteiger partial charge on any atom is -0.391 e. The second-order valence-electron chi connectivity index (χ2n) is 2.17. The summed E-state index contributed by atoms with van der Waals surface area (Å²) in [5.74, 6) is 0. The van der Waals surface area contributed by atoms with Gasteiger partial charge in [-0.3, -0.25) is 0 Å². The SMILES string of the molecule is OCc1sc(CBr)nc1C(F)(F)F. The van der Waals surface area contributed by atoms with Gasteiger partial charge >= 0.3 is 6.18 Å². The van der Waals surface area contributed by atoms with E-state index >= 15 is 0 Å². The van der Waals surface area contributed by atoms with E-state index in [9.17, 15) is 13.2 Å². The van der Waals surface area contributed by atoms with Gasteiger partial charge in [0.25, 0.3) is 0 Å². The number of aliphatic hydroxyl groups excluding tert-OH is 1. The fourth-order valence-electron chi connectivity index (χ4n) is 0.786. The minimum absolute atomic E-state index is 0.137. The molecule has 74 valence electrons. The van der Waals surface area contributed by atoms with E-state index < -0.39 is 18.5 Å². The summed E-state index contributed by atoms with van der Waals surface area (Å²) in [6.45, 7) is -0.625. The van der Waals surface area contributed by atoms with Crippen LogP contribution < -0.4 is 0 Å². The number of hydrogen-bond acceptors (Lipinski definition) is 3. The number of hydrogen-bond donors (Lipinski definition) is 1. The first-order valence-corrected chi connectivity index (χ1v) is 5.15. The second-order valence-corrected chi connectivity index (χ2v) is 3.90. The first kappa shape index (κ1) is 10.9. The molecule has 0 unspecified atom stereocenters. The van der Waals surface area contributed by atoms with Gasteiger partial charge in [-0.2, -0.15) is 13.2 Å².